The number of rotatable bonds is 3. The number of ether oxygens (including phenoxy) is 1. The molecule has 16 heavy (non-hydrogen) atoms. The van der Waals surface area contributed by atoms with Crippen molar-refractivity contribution in [1.82, 2.24) is 4.90 Å². The van der Waals surface area contributed by atoms with Crippen LogP contribution in [-0.4, -0.2) is 31.5 Å². The van der Waals surface area contributed by atoms with Crippen LogP contribution in [0.25, 0.3) is 0 Å². The third-order valence-electron chi connectivity index (χ3n) is 1.91. The van der Waals surface area contributed by atoms with Crippen LogP contribution in [0.3, 0.4) is 0 Å². The smallest absolute Gasteiger partial charge is 0.259 e. The molecule has 1 amide bonds. The number of nitrogens with zero attached hydrogens (tertiary/aromatic N) is 2. The summed E-state index contributed by atoms with van der Waals surface area (Å²) in [6.07, 6.45) is 0. The fourth-order valence-electron chi connectivity index (χ4n) is 0.956. The fourth-order valence-corrected chi connectivity index (χ4v) is 1.19. The lowest BCUT2D eigenvalue weighted by molar-refractivity contribution is -0.130. The highest BCUT2D eigenvalue weighted by Crippen LogP contribution is 2.25. The van der Waals surface area contributed by atoms with Crippen molar-refractivity contribution in [2.45, 2.75) is 0 Å². The second-order valence-corrected chi connectivity index (χ2v) is 3.74. The monoisotopic (exact) mass is 238 g/mol. The zero-order chi connectivity index (χ0) is 12.1. The molecule has 0 bridgehead atoms. The van der Waals surface area contributed by atoms with Gasteiger partial charge in [-0.05, 0) is 18.2 Å². The van der Waals surface area contributed by atoms with Crippen molar-refractivity contribution in [3.05, 3.63) is 28.8 Å². The summed E-state index contributed by atoms with van der Waals surface area (Å²) >= 11 is 5.87. The first kappa shape index (κ1) is 12.3. The van der Waals surface area contributed by atoms with E-state index in [1.807, 2.05) is 6.07 Å². The van der Waals surface area contributed by atoms with E-state index in [-0.39, 0.29) is 12.5 Å². The topological polar surface area (TPSA) is 53.3 Å². The van der Waals surface area contributed by atoms with Crippen LogP contribution in [0.1, 0.15) is 5.56 Å². The highest BCUT2D eigenvalue weighted by molar-refractivity contribution is 6.32. The van der Waals surface area contributed by atoms with E-state index in [0.717, 1.165) is 0 Å². The lowest BCUT2D eigenvalue weighted by Crippen LogP contribution is -2.27. The third-order valence-corrected chi connectivity index (χ3v) is 2.21. The number of halogens is 1. The normalized spacial score (nSPS) is 9.38. The van der Waals surface area contributed by atoms with Crippen LogP contribution in [0, 0.1) is 11.3 Å². The van der Waals surface area contributed by atoms with E-state index in [0.29, 0.717) is 16.3 Å². The molecule has 5 heteroatoms. The molecule has 0 spiro atoms. The summed E-state index contributed by atoms with van der Waals surface area (Å²) in [7, 11) is 3.29. The predicted octanol–water partition coefficient (Wildman–Crippen LogP) is 1.68. The van der Waals surface area contributed by atoms with Crippen LogP contribution < -0.4 is 4.74 Å². The van der Waals surface area contributed by atoms with Crippen molar-refractivity contribution in [3.8, 4) is 11.8 Å². The molecule has 0 aliphatic rings. The summed E-state index contributed by atoms with van der Waals surface area (Å²) in [5, 5.41) is 8.96. The maximum absolute atomic E-state index is 11.3. The Morgan fingerprint density at radius 2 is 2.25 bits per heavy atom. The molecular formula is C11H11ClN2O2. The Labute approximate surface area is 99.0 Å². The van der Waals surface area contributed by atoms with Crippen molar-refractivity contribution >= 4 is 17.5 Å². The van der Waals surface area contributed by atoms with Gasteiger partial charge in [0.05, 0.1) is 16.7 Å². The van der Waals surface area contributed by atoms with Gasteiger partial charge in [-0.3, -0.25) is 4.79 Å². The van der Waals surface area contributed by atoms with Crippen molar-refractivity contribution in [2.75, 3.05) is 20.7 Å². The molecule has 0 N–H and O–H groups in total. The number of hydrogen-bond donors (Lipinski definition) is 0. The Balaban J connectivity index is 2.69. The zero-order valence-electron chi connectivity index (χ0n) is 9.03. The molecule has 0 aliphatic carbocycles. The number of benzene rings is 1. The van der Waals surface area contributed by atoms with Gasteiger partial charge in [0, 0.05) is 14.1 Å². The first-order valence-corrected chi connectivity index (χ1v) is 4.95. The van der Waals surface area contributed by atoms with Gasteiger partial charge in [0.2, 0.25) is 0 Å². The average molecular weight is 239 g/mol. The highest BCUT2D eigenvalue weighted by atomic mass is 35.5. The van der Waals surface area contributed by atoms with Gasteiger partial charge in [-0.15, -0.1) is 0 Å². The maximum atomic E-state index is 11.3. The Morgan fingerprint density at radius 3 is 2.75 bits per heavy atom. The number of hydrogen-bond acceptors (Lipinski definition) is 3. The van der Waals surface area contributed by atoms with Crippen molar-refractivity contribution in [2.24, 2.45) is 0 Å². The molecule has 0 aliphatic heterocycles. The average Bonchev–Trinajstić information content (AvgIpc) is 2.26. The molecule has 1 rings (SSSR count). The van der Waals surface area contributed by atoms with Crippen LogP contribution in [-0.2, 0) is 4.79 Å². The van der Waals surface area contributed by atoms with Gasteiger partial charge in [0.1, 0.15) is 5.75 Å². The van der Waals surface area contributed by atoms with Gasteiger partial charge in [-0.25, -0.2) is 0 Å². The molecular weight excluding hydrogens is 228 g/mol. The summed E-state index contributed by atoms with van der Waals surface area (Å²) < 4.78 is 5.23. The van der Waals surface area contributed by atoms with E-state index < -0.39 is 0 Å². The van der Waals surface area contributed by atoms with Gasteiger partial charge in [-0.2, -0.15) is 5.26 Å². The summed E-state index contributed by atoms with van der Waals surface area (Å²) in [4.78, 5) is 12.7. The van der Waals surface area contributed by atoms with Crippen LogP contribution in [0.5, 0.6) is 5.75 Å². The molecule has 0 atom stereocenters. The quantitative estimate of drug-likeness (QED) is 0.805. The molecule has 84 valence electrons. The molecule has 4 nitrogen and oxygen atoms in total. The summed E-state index contributed by atoms with van der Waals surface area (Å²) in [6, 6.07) is 6.62. The summed E-state index contributed by atoms with van der Waals surface area (Å²) in [5.74, 6) is 0.247. The van der Waals surface area contributed by atoms with E-state index >= 15 is 0 Å². The minimum absolute atomic E-state index is 0.0708. The molecule has 1 aromatic carbocycles. The lowest BCUT2D eigenvalue weighted by Gasteiger charge is -2.12. The lowest BCUT2D eigenvalue weighted by atomic mass is 10.2. The Morgan fingerprint density at radius 1 is 1.56 bits per heavy atom. The van der Waals surface area contributed by atoms with Gasteiger partial charge in [0.15, 0.2) is 6.61 Å². The SMILES string of the molecule is CN(C)C(=O)COc1ccc(C#N)cc1Cl. The first-order valence-electron chi connectivity index (χ1n) is 4.57. The summed E-state index contributed by atoms with van der Waals surface area (Å²) in [6.45, 7) is -0.0708. The van der Waals surface area contributed by atoms with Crippen LogP contribution >= 0.6 is 11.6 Å². The summed E-state index contributed by atoms with van der Waals surface area (Å²) in [5.41, 5.74) is 0.455. The number of carbonyl (C=O) groups is 1. The molecule has 0 fully saturated rings. The Hall–Kier alpha value is -1.73. The number of likely N-dealkylation sites (N-methyl/N-ethyl adjacent to an activating group) is 1. The Bertz CT molecular complexity index is 438. The largest absolute Gasteiger partial charge is 0.482 e. The van der Waals surface area contributed by atoms with E-state index in [1.54, 1.807) is 26.2 Å². The second kappa shape index (κ2) is 5.38. The van der Waals surface area contributed by atoms with Gasteiger partial charge in [0.25, 0.3) is 5.91 Å². The van der Waals surface area contributed by atoms with E-state index in [2.05, 4.69) is 0 Å². The molecule has 0 unspecified atom stereocenters. The maximum Gasteiger partial charge on any atom is 0.259 e. The highest BCUT2D eigenvalue weighted by Gasteiger charge is 2.07. The number of nitriles is 1. The van der Waals surface area contributed by atoms with Crippen molar-refractivity contribution in [3.63, 3.8) is 0 Å². The van der Waals surface area contributed by atoms with Gasteiger partial charge >= 0.3 is 0 Å². The minimum atomic E-state index is -0.152. The van der Waals surface area contributed by atoms with Crippen molar-refractivity contribution in [1.29, 1.82) is 5.26 Å². The number of carbonyl (C=O) groups excluding carboxylic acids is 1. The van der Waals surface area contributed by atoms with Crippen LogP contribution in [0.2, 0.25) is 5.02 Å². The fraction of sp³-hybridized carbons (Fsp3) is 0.273. The van der Waals surface area contributed by atoms with E-state index in [9.17, 15) is 4.79 Å². The zero-order valence-corrected chi connectivity index (χ0v) is 9.78. The van der Waals surface area contributed by atoms with Crippen LogP contribution in [0.4, 0.5) is 0 Å². The number of amides is 1. The second-order valence-electron chi connectivity index (χ2n) is 3.33. The van der Waals surface area contributed by atoms with Gasteiger partial charge < -0.3 is 9.64 Å². The molecule has 0 saturated carbocycles. The van der Waals surface area contributed by atoms with Crippen molar-refractivity contribution < 1.29 is 9.53 Å². The predicted molar refractivity (Wildman–Crippen MR) is 60.4 cm³/mol. The molecule has 0 heterocycles. The minimum Gasteiger partial charge on any atom is -0.482 e. The van der Waals surface area contributed by atoms with Crippen LogP contribution in [0.15, 0.2) is 18.2 Å². The molecule has 0 aromatic heterocycles. The van der Waals surface area contributed by atoms with E-state index in [1.165, 1.54) is 11.0 Å². The molecule has 0 radical (unpaired) electrons. The molecule has 1 aromatic rings. The third kappa shape index (κ3) is 3.14. The first-order chi connectivity index (χ1) is 7.54. The molecule has 0 saturated heterocycles. The standard InChI is InChI=1S/C11H11ClN2O2/c1-14(2)11(15)7-16-10-4-3-8(6-13)5-9(10)12/h3-5H,7H2,1-2H3. The Kier molecular flexibility index (Phi) is 4.15. The van der Waals surface area contributed by atoms with E-state index in [4.69, 9.17) is 21.6 Å². The van der Waals surface area contributed by atoms with Gasteiger partial charge in [-0.1, -0.05) is 11.6 Å².